The zero-order chi connectivity index (χ0) is 27.1. The number of amides is 2. The van der Waals surface area contributed by atoms with E-state index in [1.54, 1.807) is 25.1 Å². The number of H-pyrrole nitrogens is 1. The van der Waals surface area contributed by atoms with Crippen LogP contribution in [-0.4, -0.2) is 27.0 Å². The van der Waals surface area contributed by atoms with Gasteiger partial charge in [-0.1, -0.05) is 41.4 Å². The van der Waals surface area contributed by atoms with Gasteiger partial charge in [0.05, 0.1) is 16.9 Å². The van der Waals surface area contributed by atoms with Crippen molar-refractivity contribution in [3.05, 3.63) is 86.5 Å². The van der Waals surface area contributed by atoms with Crippen LogP contribution in [0, 0.1) is 27.7 Å². The molecule has 0 aliphatic rings. The third kappa shape index (κ3) is 4.73. The Morgan fingerprint density at radius 3 is 2.37 bits per heavy atom. The first-order valence-electron chi connectivity index (χ1n) is 11.8. The van der Waals surface area contributed by atoms with E-state index in [1.165, 1.54) is 11.3 Å². The summed E-state index contributed by atoms with van der Waals surface area (Å²) in [7, 11) is 0. The van der Waals surface area contributed by atoms with Crippen LogP contribution in [0.2, 0.25) is 5.02 Å². The normalized spacial score (nSPS) is 11.1. The molecule has 192 valence electrons. The number of aryl methyl sites for hydroxylation is 4. The number of aromatic amines is 1. The Labute approximate surface area is 228 Å². The van der Waals surface area contributed by atoms with E-state index >= 15 is 0 Å². The number of pyridine rings is 1. The molecule has 2 amide bonds. The largest absolute Gasteiger partial charge is 0.397 e. The highest BCUT2D eigenvalue weighted by atomic mass is 35.5. The number of carbonyl (C=O) groups is 2. The molecule has 0 aliphatic carbocycles. The van der Waals surface area contributed by atoms with Gasteiger partial charge >= 0.3 is 0 Å². The van der Waals surface area contributed by atoms with Gasteiger partial charge in [0.25, 0.3) is 11.8 Å². The summed E-state index contributed by atoms with van der Waals surface area (Å²) < 4.78 is 0. The molecule has 5 rings (SSSR count). The third-order valence-corrected chi connectivity index (χ3v) is 7.55. The van der Waals surface area contributed by atoms with Crippen molar-refractivity contribution in [2.45, 2.75) is 27.7 Å². The van der Waals surface area contributed by atoms with Crippen molar-refractivity contribution in [2.75, 3.05) is 16.4 Å². The number of hydrogen-bond acceptors (Lipinski definition) is 6. The highest BCUT2D eigenvalue weighted by Gasteiger charge is 2.27. The minimum Gasteiger partial charge on any atom is -0.397 e. The first-order valence-corrected chi connectivity index (χ1v) is 13.0. The van der Waals surface area contributed by atoms with Crippen LogP contribution in [0.3, 0.4) is 0 Å². The number of thiophene rings is 1. The number of aromatic nitrogens is 3. The number of hydrogen-bond donors (Lipinski definition) is 4. The zero-order valence-corrected chi connectivity index (χ0v) is 22.8. The van der Waals surface area contributed by atoms with Crippen LogP contribution in [0.1, 0.15) is 42.5 Å². The van der Waals surface area contributed by atoms with Crippen molar-refractivity contribution in [2.24, 2.45) is 0 Å². The summed E-state index contributed by atoms with van der Waals surface area (Å²) in [6.45, 7) is 7.56. The lowest BCUT2D eigenvalue weighted by molar-refractivity contribution is 0.102. The maximum atomic E-state index is 13.8. The van der Waals surface area contributed by atoms with Gasteiger partial charge in [0, 0.05) is 33.4 Å². The Hall–Kier alpha value is -4.21. The van der Waals surface area contributed by atoms with Gasteiger partial charge in [0.1, 0.15) is 9.71 Å². The molecule has 0 bridgehead atoms. The molecule has 3 heterocycles. The molecule has 3 aromatic heterocycles. The number of carbonyl (C=O) groups excluding carboxylic acids is 2. The molecule has 0 saturated heterocycles. The van der Waals surface area contributed by atoms with Gasteiger partial charge in [-0.15, -0.1) is 11.3 Å². The molecule has 0 fully saturated rings. The lowest BCUT2D eigenvalue weighted by atomic mass is 9.94. The summed E-state index contributed by atoms with van der Waals surface area (Å²) >= 11 is 7.34. The molecular formula is C28H25ClN6O2S. The first-order chi connectivity index (χ1) is 18.1. The van der Waals surface area contributed by atoms with Crippen LogP contribution in [0.25, 0.3) is 21.3 Å². The van der Waals surface area contributed by atoms with E-state index in [2.05, 4.69) is 20.8 Å². The summed E-state index contributed by atoms with van der Waals surface area (Å²) in [6.07, 6.45) is 0. The lowest BCUT2D eigenvalue weighted by Gasteiger charge is -2.16. The summed E-state index contributed by atoms with van der Waals surface area (Å²) in [6, 6.07) is 14.7. The van der Waals surface area contributed by atoms with Gasteiger partial charge < -0.3 is 16.4 Å². The van der Waals surface area contributed by atoms with Crippen LogP contribution in [0.15, 0.2) is 48.5 Å². The summed E-state index contributed by atoms with van der Waals surface area (Å²) in [5.41, 5.74) is 12.6. The predicted octanol–water partition coefficient (Wildman–Crippen LogP) is 6.66. The SMILES string of the molecule is Cc1ccc(NC(=O)c2c(C)nc3sc(C(=O)Nc4cc(C)[nH]n4)c(N)c3c2-c2ccc(Cl)cc2)c(C)c1. The molecule has 5 aromatic rings. The number of rotatable bonds is 5. The van der Waals surface area contributed by atoms with Crippen LogP contribution in [0.5, 0.6) is 0 Å². The van der Waals surface area contributed by atoms with E-state index in [0.717, 1.165) is 22.4 Å². The second-order valence-corrected chi connectivity index (χ2v) is 10.6. The summed E-state index contributed by atoms with van der Waals surface area (Å²) in [5, 5.41) is 13.8. The Balaban J connectivity index is 1.68. The Morgan fingerprint density at radius 1 is 0.974 bits per heavy atom. The Kier molecular flexibility index (Phi) is 6.64. The van der Waals surface area contributed by atoms with Crippen molar-refractivity contribution < 1.29 is 9.59 Å². The standard InChI is InChI=1S/C28H25ClN6O2S/c1-13-5-10-19(14(2)11-13)32-26(36)21-16(4)31-28-23(22(21)17-6-8-18(29)9-7-17)24(30)25(38-28)27(37)33-20-12-15(3)34-35-20/h5-12H,30H2,1-4H3,(H,32,36)(H2,33,34,35,37). The van der Waals surface area contributed by atoms with E-state index in [4.69, 9.17) is 22.3 Å². The van der Waals surface area contributed by atoms with Gasteiger partial charge in [-0.25, -0.2) is 4.98 Å². The molecule has 0 atom stereocenters. The van der Waals surface area contributed by atoms with E-state index in [9.17, 15) is 9.59 Å². The van der Waals surface area contributed by atoms with Gasteiger partial charge in [-0.3, -0.25) is 14.7 Å². The maximum absolute atomic E-state index is 13.8. The summed E-state index contributed by atoms with van der Waals surface area (Å²) in [5.74, 6) is -0.338. The minimum atomic E-state index is -0.405. The maximum Gasteiger partial charge on any atom is 0.269 e. The fourth-order valence-electron chi connectivity index (χ4n) is 4.41. The molecule has 38 heavy (non-hydrogen) atoms. The Bertz CT molecular complexity index is 1720. The highest BCUT2D eigenvalue weighted by molar-refractivity contribution is 7.21. The van der Waals surface area contributed by atoms with Gasteiger partial charge in [0.2, 0.25) is 0 Å². The molecule has 0 radical (unpaired) electrons. The molecule has 2 aromatic carbocycles. The van der Waals surface area contributed by atoms with Gasteiger partial charge in [0.15, 0.2) is 5.82 Å². The summed E-state index contributed by atoms with van der Waals surface area (Å²) in [4.78, 5) is 32.5. The Morgan fingerprint density at radius 2 is 1.71 bits per heavy atom. The predicted molar refractivity (Wildman–Crippen MR) is 154 cm³/mol. The number of nitrogens with one attached hydrogen (secondary N) is 3. The molecule has 0 aliphatic heterocycles. The third-order valence-electron chi connectivity index (χ3n) is 6.20. The monoisotopic (exact) mass is 544 g/mol. The van der Waals surface area contributed by atoms with Crippen LogP contribution in [0.4, 0.5) is 17.2 Å². The number of anilines is 3. The van der Waals surface area contributed by atoms with E-state index in [-0.39, 0.29) is 16.5 Å². The number of fused-ring (bicyclic) bond motifs is 1. The number of benzene rings is 2. The van der Waals surface area contributed by atoms with E-state index in [1.807, 2.05) is 51.1 Å². The average molecular weight is 545 g/mol. The average Bonchev–Trinajstić information content (AvgIpc) is 3.42. The second kappa shape index (κ2) is 9.92. The molecule has 0 unspecified atom stereocenters. The van der Waals surface area contributed by atoms with E-state index < -0.39 is 5.91 Å². The topological polar surface area (TPSA) is 126 Å². The van der Waals surface area contributed by atoms with Gasteiger partial charge in [-0.05, 0) is 57.0 Å². The fraction of sp³-hybridized carbons (Fsp3) is 0.143. The highest BCUT2D eigenvalue weighted by Crippen LogP contribution is 2.42. The number of nitrogen functional groups attached to an aromatic ring is 1. The van der Waals surface area contributed by atoms with Crippen LogP contribution >= 0.6 is 22.9 Å². The van der Waals surface area contributed by atoms with Crippen molar-refractivity contribution in [1.29, 1.82) is 0 Å². The van der Waals surface area contributed by atoms with Crippen molar-refractivity contribution in [3.63, 3.8) is 0 Å². The molecule has 0 spiro atoms. The van der Waals surface area contributed by atoms with Crippen molar-refractivity contribution in [1.82, 2.24) is 15.2 Å². The molecular weight excluding hydrogens is 520 g/mol. The van der Waals surface area contributed by atoms with Gasteiger partial charge in [-0.2, -0.15) is 5.10 Å². The van der Waals surface area contributed by atoms with Crippen molar-refractivity contribution >= 4 is 62.2 Å². The zero-order valence-electron chi connectivity index (χ0n) is 21.2. The van der Waals surface area contributed by atoms with E-state index in [0.29, 0.717) is 43.6 Å². The molecule has 5 N–H and O–H groups in total. The molecule has 8 nitrogen and oxygen atoms in total. The van der Waals surface area contributed by atoms with Crippen LogP contribution < -0.4 is 16.4 Å². The second-order valence-electron chi connectivity index (χ2n) is 9.14. The number of nitrogens with zero attached hydrogens (tertiary/aromatic N) is 2. The fourth-order valence-corrected chi connectivity index (χ4v) is 5.58. The quantitative estimate of drug-likeness (QED) is 0.197. The van der Waals surface area contributed by atoms with Crippen LogP contribution in [-0.2, 0) is 0 Å². The number of halogens is 1. The minimum absolute atomic E-state index is 0.243. The molecule has 0 saturated carbocycles. The first kappa shape index (κ1) is 25.4. The van der Waals surface area contributed by atoms with Crippen molar-refractivity contribution in [3.8, 4) is 11.1 Å². The smallest absolute Gasteiger partial charge is 0.269 e. The lowest BCUT2D eigenvalue weighted by Crippen LogP contribution is -2.17. The molecule has 10 heteroatoms. The number of nitrogens with two attached hydrogens (primary N) is 1.